The number of halogens is 1. The molecule has 2 aromatic rings. The van der Waals surface area contributed by atoms with Crippen LogP contribution in [0, 0.1) is 11.3 Å². The van der Waals surface area contributed by atoms with E-state index in [1.807, 2.05) is 12.1 Å². The molecule has 0 saturated heterocycles. The number of rotatable bonds is 6. The van der Waals surface area contributed by atoms with Crippen LogP contribution in [0.2, 0.25) is 5.02 Å². The highest BCUT2D eigenvalue weighted by Gasteiger charge is 2.11. The average Bonchev–Trinajstić information content (AvgIpc) is 2.59. The fourth-order valence-corrected chi connectivity index (χ4v) is 2.12. The van der Waals surface area contributed by atoms with Gasteiger partial charge in [-0.15, -0.1) is 0 Å². The van der Waals surface area contributed by atoms with E-state index in [4.69, 9.17) is 16.3 Å². The molecule has 0 heterocycles. The smallest absolute Gasteiger partial charge is 0.266 e. The largest absolute Gasteiger partial charge is 0.489 e. The number of hydrogen-bond donors (Lipinski definition) is 1. The average molecular weight is 339 g/mol. The second kappa shape index (κ2) is 8.56. The molecule has 0 atom stereocenters. The topological polar surface area (TPSA) is 62.1 Å². The summed E-state index contributed by atoms with van der Waals surface area (Å²) in [6.07, 6.45) is 3.05. The van der Waals surface area contributed by atoms with Crippen LogP contribution in [0.25, 0.3) is 6.08 Å². The quantitative estimate of drug-likeness (QED) is 0.481. The highest BCUT2D eigenvalue weighted by molar-refractivity contribution is 6.30. The number of carbonyl (C=O) groups excluding carboxylic acids is 1. The summed E-state index contributed by atoms with van der Waals surface area (Å²) in [5, 5.41) is 12.5. The Hall–Kier alpha value is -3.03. The van der Waals surface area contributed by atoms with Crippen molar-refractivity contribution in [2.75, 3.05) is 11.9 Å². The molecule has 0 saturated carbocycles. The van der Waals surface area contributed by atoms with Crippen molar-refractivity contribution in [1.82, 2.24) is 0 Å². The molecule has 0 aliphatic rings. The highest BCUT2D eigenvalue weighted by atomic mass is 35.5. The number of hydrogen-bond acceptors (Lipinski definition) is 3. The van der Waals surface area contributed by atoms with Crippen molar-refractivity contribution in [1.29, 1.82) is 5.26 Å². The Bertz CT molecular complexity index is 808. The fraction of sp³-hybridized carbons (Fsp3) is 0.0526. The van der Waals surface area contributed by atoms with Crippen molar-refractivity contribution >= 4 is 29.3 Å². The number of benzene rings is 2. The Labute approximate surface area is 145 Å². The number of anilines is 1. The first-order chi connectivity index (χ1) is 11.6. The summed E-state index contributed by atoms with van der Waals surface area (Å²) in [6, 6.07) is 15.8. The van der Waals surface area contributed by atoms with E-state index in [9.17, 15) is 10.1 Å². The summed E-state index contributed by atoms with van der Waals surface area (Å²) in [6.45, 7) is 3.90. The third-order valence-corrected chi connectivity index (χ3v) is 3.26. The number of carbonyl (C=O) groups is 1. The third kappa shape index (κ3) is 4.73. The third-order valence-electron chi connectivity index (χ3n) is 3.03. The van der Waals surface area contributed by atoms with E-state index in [-0.39, 0.29) is 5.57 Å². The Morgan fingerprint density at radius 3 is 2.71 bits per heavy atom. The van der Waals surface area contributed by atoms with Gasteiger partial charge in [-0.25, -0.2) is 0 Å². The van der Waals surface area contributed by atoms with Crippen LogP contribution in [0.3, 0.4) is 0 Å². The molecule has 120 valence electrons. The molecule has 0 unspecified atom stereocenters. The van der Waals surface area contributed by atoms with Gasteiger partial charge in [0.05, 0.1) is 0 Å². The van der Waals surface area contributed by atoms with Crippen molar-refractivity contribution in [3.63, 3.8) is 0 Å². The normalized spacial score (nSPS) is 10.6. The number of nitrogens with zero attached hydrogens (tertiary/aromatic N) is 1. The van der Waals surface area contributed by atoms with Gasteiger partial charge in [-0.05, 0) is 36.4 Å². The van der Waals surface area contributed by atoms with Gasteiger partial charge in [0.15, 0.2) is 0 Å². The first-order valence-electron chi connectivity index (χ1n) is 7.15. The Morgan fingerprint density at radius 2 is 2.04 bits per heavy atom. The molecular formula is C19H15ClN2O2. The van der Waals surface area contributed by atoms with Gasteiger partial charge in [0.1, 0.15) is 24.0 Å². The predicted molar refractivity (Wildman–Crippen MR) is 95.8 cm³/mol. The molecule has 0 fully saturated rings. The van der Waals surface area contributed by atoms with Gasteiger partial charge >= 0.3 is 0 Å². The van der Waals surface area contributed by atoms with E-state index in [1.54, 1.807) is 48.5 Å². The van der Waals surface area contributed by atoms with Crippen LogP contribution in [0.5, 0.6) is 5.75 Å². The molecule has 2 rings (SSSR count). The lowest BCUT2D eigenvalue weighted by molar-refractivity contribution is -0.112. The van der Waals surface area contributed by atoms with E-state index in [2.05, 4.69) is 11.9 Å². The molecule has 0 aliphatic carbocycles. The van der Waals surface area contributed by atoms with E-state index < -0.39 is 5.91 Å². The van der Waals surface area contributed by atoms with Crippen molar-refractivity contribution in [2.45, 2.75) is 0 Å². The Balaban J connectivity index is 2.29. The van der Waals surface area contributed by atoms with Gasteiger partial charge in [-0.3, -0.25) is 4.79 Å². The van der Waals surface area contributed by atoms with Crippen LogP contribution in [0.1, 0.15) is 5.56 Å². The fourth-order valence-electron chi connectivity index (χ4n) is 1.94. The number of ether oxygens (including phenoxy) is 1. The SMILES string of the molecule is C=CCOc1ccc(Cl)cc1/C=C(\C#N)C(=O)Nc1ccccc1. The highest BCUT2D eigenvalue weighted by Crippen LogP contribution is 2.25. The Kier molecular flexibility index (Phi) is 6.18. The van der Waals surface area contributed by atoms with Gasteiger partial charge in [-0.1, -0.05) is 42.5 Å². The standard InChI is InChI=1S/C19H15ClN2O2/c1-2-10-24-18-9-8-16(20)12-14(18)11-15(13-21)19(23)22-17-6-4-3-5-7-17/h2-9,11-12H,1,10H2,(H,22,23)/b15-11+. The Morgan fingerprint density at radius 1 is 1.29 bits per heavy atom. The van der Waals surface area contributed by atoms with Crippen molar-refractivity contribution in [3.8, 4) is 11.8 Å². The lowest BCUT2D eigenvalue weighted by Gasteiger charge is -2.09. The molecule has 0 aliphatic heterocycles. The van der Waals surface area contributed by atoms with Crippen LogP contribution in [0.4, 0.5) is 5.69 Å². The zero-order chi connectivity index (χ0) is 17.4. The lowest BCUT2D eigenvalue weighted by Crippen LogP contribution is -2.13. The second-order valence-corrected chi connectivity index (χ2v) is 5.21. The summed E-state index contributed by atoms with van der Waals surface area (Å²) in [7, 11) is 0. The number of nitriles is 1. The molecule has 0 bridgehead atoms. The minimum Gasteiger partial charge on any atom is -0.489 e. The summed E-state index contributed by atoms with van der Waals surface area (Å²) in [5.41, 5.74) is 1.10. The molecular weight excluding hydrogens is 324 g/mol. The van der Waals surface area contributed by atoms with Gasteiger partial charge in [0.25, 0.3) is 5.91 Å². The predicted octanol–water partition coefficient (Wildman–Crippen LogP) is 4.45. The van der Waals surface area contributed by atoms with Crippen LogP contribution in [-0.4, -0.2) is 12.5 Å². The molecule has 24 heavy (non-hydrogen) atoms. The van der Waals surface area contributed by atoms with Crippen LogP contribution in [-0.2, 0) is 4.79 Å². The molecule has 0 aromatic heterocycles. The minimum atomic E-state index is -0.502. The maximum absolute atomic E-state index is 12.3. The summed E-state index contributed by atoms with van der Waals surface area (Å²) in [4.78, 5) is 12.3. The summed E-state index contributed by atoms with van der Waals surface area (Å²) < 4.78 is 5.52. The number of nitrogens with one attached hydrogen (secondary N) is 1. The van der Waals surface area contributed by atoms with Gasteiger partial charge < -0.3 is 10.1 Å². The monoisotopic (exact) mass is 338 g/mol. The van der Waals surface area contributed by atoms with E-state index in [1.165, 1.54) is 6.08 Å². The van der Waals surface area contributed by atoms with E-state index in [0.717, 1.165) is 0 Å². The molecule has 2 aromatic carbocycles. The number of amides is 1. The molecule has 0 radical (unpaired) electrons. The minimum absolute atomic E-state index is 0.0513. The zero-order valence-electron chi connectivity index (χ0n) is 12.8. The van der Waals surface area contributed by atoms with Crippen molar-refractivity contribution in [2.24, 2.45) is 0 Å². The zero-order valence-corrected chi connectivity index (χ0v) is 13.6. The lowest BCUT2D eigenvalue weighted by atomic mass is 10.1. The molecule has 4 nitrogen and oxygen atoms in total. The van der Waals surface area contributed by atoms with E-state index >= 15 is 0 Å². The first kappa shape index (κ1) is 17.3. The van der Waals surface area contributed by atoms with Crippen molar-refractivity contribution in [3.05, 3.63) is 77.3 Å². The first-order valence-corrected chi connectivity index (χ1v) is 7.53. The van der Waals surface area contributed by atoms with Gasteiger partial charge in [0, 0.05) is 16.3 Å². The molecule has 5 heteroatoms. The van der Waals surface area contributed by atoms with Gasteiger partial charge in [-0.2, -0.15) is 5.26 Å². The van der Waals surface area contributed by atoms with Gasteiger partial charge in [0.2, 0.25) is 0 Å². The maximum Gasteiger partial charge on any atom is 0.266 e. The molecule has 1 amide bonds. The van der Waals surface area contributed by atoms with E-state index in [0.29, 0.717) is 28.6 Å². The molecule has 0 spiro atoms. The molecule has 1 N–H and O–H groups in total. The van der Waals surface area contributed by atoms with Crippen LogP contribution < -0.4 is 10.1 Å². The number of para-hydroxylation sites is 1. The summed E-state index contributed by atoms with van der Waals surface area (Å²) >= 11 is 6.00. The second-order valence-electron chi connectivity index (χ2n) is 4.77. The maximum atomic E-state index is 12.3. The van der Waals surface area contributed by atoms with Crippen LogP contribution >= 0.6 is 11.6 Å². The van der Waals surface area contributed by atoms with Crippen LogP contribution in [0.15, 0.2) is 66.8 Å². The van der Waals surface area contributed by atoms with Crippen molar-refractivity contribution < 1.29 is 9.53 Å². The summed E-state index contributed by atoms with van der Waals surface area (Å²) in [5.74, 6) is 0.0120.